The van der Waals surface area contributed by atoms with Gasteiger partial charge in [-0.05, 0) is 29.3 Å². The number of halogens is 1. The fourth-order valence-electron chi connectivity index (χ4n) is 1.94. The molecule has 2 heteroatoms. The molecule has 0 radical (unpaired) electrons. The first-order chi connectivity index (χ1) is 7.83. The van der Waals surface area contributed by atoms with Gasteiger partial charge in [-0.15, -0.1) is 0 Å². The van der Waals surface area contributed by atoms with Crippen LogP contribution in [0.3, 0.4) is 0 Å². The van der Waals surface area contributed by atoms with Crippen molar-refractivity contribution in [1.82, 2.24) is 0 Å². The van der Waals surface area contributed by atoms with Crippen LogP contribution in [0.25, 0.3) is 0 Å². The van der Waals surface area contributed by atoms with Crippen molar-refractivity contribution in [3.05, 3.63) is 64.7 Å². The van der Waals surface area contributed by atoms with Crippen molar-refractivity contribution in [3.8, 4) is 0 Å². The van der Waals surface area contributed by atoms with E-state index in [1.54, 1.807) is 0 Å². The summed E-state index contributed by atoms with van der Waals surface area (Å²) in [5.74, 6) is 0. The molecule has 0 spiro atoms. The molecule has 1 aliphatic heterocycles. The van der Waals surface area contributed by atoms with Gasteiger partial charge in [0.1, 0.15) is 0 Å². The maximum absolute atomic E-state index is 5.87. The predicted octanol–water partition coefficient (Wildman–Crippen LogP) is 4.02. The van der Waals surface area contributed by atoms with Crippen molar-refractivity contribution in [2.45, 2.75) is 6.42 Å². The number of rotatable bonds is 1. The highest BCUT2D eigenvalue weighted by Crippen LogP contribution is 2.28. The van der Waals surface area contributed by atoms with Crippen LogP contribution in [-0.2, 0) is 6.42 Å². The Morgan fingerprint density at radius 3 is 2.44 bits per heavy atom. The van der Waals surface area contributed by atoms with Gasteiger partial charge in [0.25, 0.3) is 0 Å². The van der Waals surface area contributed by atoms with Gasteiger partial charge in [0, 0.05) is 11.4 Å². The lowest BCUT2D eigenvalue weighted by Crippen LogP contribution is -1.99. The summed E-state index contributed by atoms with van der Waals surface area (Å²) in [6.07, 6.45) is 0.914. The third-order valence-electron chi connectivity index (χ3n) is 2.78. The molecular weight excluding hydrogens is 218 g/mol. The normalized spacial score (nSPS) is 13.4. The molecule has 0 amide bonds. The van der Waals surface area contributed by atoms with Gasteiger partial charge in [-0.3, -0.25) is 4.99 Å². The Balaban J connectivity index is 1.98. The number of para-hydroxylation sites is 1. The number of benzene rings is 2. The summed E-state index contributed by atoms with van der Waals surface area (Å²) in [6, 6.07) is 16.1. The van der Waals surface area contributed by atoms with Crippen molar-refractivity contribution < 1.29 is 0 Å². The van der Waals surface area contributed by atoms with Crippen LogP contribution in [0, 0.1) is 0 Å². The van der Waals surface area contributed by atoms with Gasteiger partial charge in [0.15, 0.2) is 0 Å². The molecule has 0 saturated heterocycles. The average Bonchev–Trinajstić information content (AvgIpc) is 2.73. The van der Waals surface area contributed by atoms with Gasteiger partial charge in [0.05, 0.1) is 11.4 Å². The Morgan fingerprint density at radius 1 is 0.938 bits per heavy atom. The number of nitrogens with zero attached hydrogens (tertiary/aromatic N) is 1. The largest absolute Gasteiger partial charge is 0.252 e. The Kier molecular flexibility index (Phi) is 2.26. The molecular formula is C14H10ClN. The lowest BCUT2D eigenvalue weighted by Gasteiger charge is -1.99. The molecule has 1 aliphatic rings. The molecule has 0 aliphatic carbocycles. The highest BCUT2D eigenvalue weighted by atomic mass is 35.5. The van der Waals surface area contributed by atoms with Crippen LogP contribution < -0.4 is 0 Å². The topological polar surface area (TPSA) is 12.4 Å². The summed E-state index contributed by atoms with van der Waals surface area (Å²) in [6.45, 7) is 0. The lowest BCUT2D eigenvalue weighted by atomic mass is 10.0. The van der Waals surface area contributed by atoms with E-state index in [4.69, 9.17) is 11.6 Å². The van der Waals surface area contributed by atoms with E-state index in [-0.39, 0.29) is 0 Å². The zero-order valence-corrected chi connectivity index (χ0v) is 9.41. The predicted molar refractivity (Wildman–Crippen MR) is 67.8 cm³/mol. The second-order valence-electron chi connectivity index (χ2n) is 3.87. The summed E-state index contributed by atoms with van der Waals surface area (Å²) in [4.78, 5) is 4.63. The minimum absolute atomic E-state index is 0.764. The third kappa shape index (κ3) is 1.63. The summed E-state index contributed by atoms with van der Waals surface area (Å²) in [5, 5.41) is 0.764. The van der Waals surface area contributed by atoms with Gasteiger partial charge >= 0.3 is 0 Å². The summed E-state index contributed by atoms with van der Waals surface area (Å²) >= 11 is 5.87. The molecule has 1 nitrogen and oxygen atoms in total. The van der Waals surface area contributed by atoms with Crippen LogP contribution in [0.1, 0.15) is 11.1 Å². The third-order valence-corrected chi connectivity index (χ3v) is 3.03. The monoisotopic (exact) mass is 227 g/mol. The average molecular weight is 228 g/mol. The van der Waals surface area contributed by atoms with Gasteiger partial charge in [-0.25, -0.2) is 0 Å². The van der Waals surface area contributed by atoms with E-state index in [2.05, 4.69) is 23.2 Å². The molecule has 16 heavy (non-hydrogen) atoms. The van der Waals surface area contributed by atoms with Crippen LogP contribution >= 0.6 is 11.6 Å². The second-order valence-corrected chi connectivity index (χ2v) is 4.31. The highest BCUT2D eigenvalue weighted by Gasteiger charge is 2.14. The van der Waals surface area contributed by atoms with E-state index in [0.29, 0.717) is 0 Å². The van der Waals surface area contributed by atoms with E-state index in [9.17, 15) is 0 Å². The van der Waals surface area contributed by atoms with E-state index >= 15 is 0 Å². The Labute approximate surface area is 99.4 Å². The van der Waals surface area contributed by atoms with Gasteiger partial charge < -0.3 is 0 Å². The molecule has 0 bridgehead atoms. The lowest BCUT2D eigenvalue weighted by molar-refractivity contribution is 1.39. The van der Waals surface area contributed by atoms with Gasteiger partial charge in [-0.1, -0.05) is 41.9 Å². The molecule has 2 aromatic rings. The summed E-state index contributed by atoms with van der Waals surface area (Å²) in [7, 11) is 0. The first-order valence-electron chi connectivity index (χ1n) is 5.24. The maximum atomic E-state index is 5.87. The summed E-state index contributed by atoms with van der Waals surface area (Å²) in [5.41, 5.74) is 4.67. The molecule has 0 unspecified atom stereocenters. The minimum Gasteiger partial charge on any atom is -0.252 e. The molecule has 78 valence electrons. The molecule has 0 atom stereocenters. The van der Waals surface area contributed by atoms with E-state index in [0.717, 1.165) is 28.4 Å². The Bertz CT molecular complexity index is 555. The standard InChI is InChI=1S/C14H10ClN/c15-12-7-5-10(6-8-12)14-9-11-3-1-2-4-13(11)16-14/h1-8H,9H2. The minimum atomic E-state index is 0.764. The first kappa shape index (κ1) is 9.61. The van der Waals surface area contributed by atoms with E-state index in [1.165, 1.54) is 5.56 Å². The molecule has 3 rings (SSSR count). The van der Waals surface area contributed by atoms with E-state index < -0.39 is 0 Å². The van der Waals surface area contributed by atoms with Crippen LogP contribution in [-0.4, -0.2) is 5.71 Å². The smallest absolute Gasteiger partial charge is 0.0669 e. The van der Waals surface area contributed by atoms with Gasteiger partial charge in [0.2, 0.25) is 0 Å². The van der Waals surface area contributed by atoms with Crippen LogP contribution in [0.4, 0.5) is 5.69 Å². The van der Waals surface area contributed by atoms with Crippen LogP contribution in [0.15, 0.2) is 53.5 Å². The highest BCUT2D eigenvalue weighted by molar-refractivity contribution is 6.30. The molecule has 1 heterocycles. The number of aliphatic imine (C=N–C) groups is 1. The van der Waals surface area contributed by atoms with Gasteiger partial charge in [-0.2, -0.15) is 0 Å². The van der Waals surface area contributed by atoms with Crippen molar-refractivity contribution in [2.75, 3.05) is 0 Å². The van der Waals surface area contributed by atoms with Crippen molar-refractivity contribution in [1.29, 1.82) is 0 Å². The Hall–Kier alpha value is -1.60. The second kappa shape index (κ2) is 3.76. The van der Waals surface area contributed by atoms with E-state index in [1.807, 2.05) is 30.3 Å². The molecule has 0 aromatic heterocycles. The van der Waals surface area contributed by atoms with Crippen LogP contribution in [0.2, 0.25) is 5.02 Å². The molecule has 0 saturated carbocycles. The quantitative estimate of drug-likeness (QED) is 0.698. The summed E-state index contributed by atoms with van der Waals surface area (Å²) < 4.78 is 0. The molecule has 0 fully saturated rings. The first-order valence-corrected chi connectivity index (χ1v) is 5.62. The van der Waals surface area contributed by atoms with Crippen molar-refractivity contribution in [2.24, 2.45) is 4.99 Å². The number of hydrogen-bond acceptors (Lipinski definition) is 1. The fourth-order valence-corrected chi connectivity index (χ4v) is 2.07. The number of fused-ring (bicyclic) bond motifs is 1. The SMILES string of the molecule is Clc1ccc(C2=Nc3ccccc3C2)cc1. The number of hydrogen-bond donors (Lipinski definition) is 0. The van der Waals surface area contributed by atoms with Crippen LogP contribution in [0.5, 0.6) is 0 Å². The van der Waals surface area contributed by atoms with Crippen molar-refractivity contribution in [3.63, 3.8) is 0 Å². The molecule has 0 N–H and O–H groups in total. The Morgan fingerprint density at radius 2 is 1.69 bits per heavy atom. The molecule has 2 aromatic carbocycles. The maximum Gasteiger partial charge on any atom is 0.0669 e. The fraction of sp³-hybridized carbons (Fsp3) is 0.0714. The zero-order valence-electron chi connectivity index (χ0n) is 8.65. The zero-order chi connectivity index (χ0) is 11.0. The van der Waals surface area contributed by atoms with Crippen molar-refractivity contribution >= 4 is 23.0 Å².